The number of rotatable bonds is 6. The standard InChI is InChI=1S/C14H14BrN3O3/c15-12-6-4-10(5-7-12)8-21-9-11-2-1-3-13(18(19)20)14(11)17-16/h1-7,17H,8-9,16H2. The highest BCUT2D eigenvalue weighted by atomic mass is 79.9. The molecule has 0 saturated heterocycles. The van der Waals surface area contributed by atoms with Crippen molar-refractivity contribution >= 4 is 27.3 Å². The highest BCUT2D eigenvalue weighted by Gasteiger charge is 2.16. The van der Waals surface area contributed by atoms with Crippen LogP contribution in [-0.2, 0) is 18.0 Å². The number of nitrogen functional groups attached to an aromatic ring is 1. The number of nitro benzene ring substituents is 1. The van der Waals surface area contributed by atoms with E-state index in [2.05, 4.69) is 21.4 Å². The number of benzene rings is 2. The van der Waals surface area contributed by atoms with Crippen LogP contribution < -0.4 is 11.3 Å². The van der Waals surface area contributed by atoms with Crippen LogP contribution in [0.4, 0.5) is 11.4 Å². The van der Waals surface area contributed by atoms with Crippen LogP contribution in [0, 0.1) is 10.1 Å². The lowest BCUT2D eigenvalue weighted by molar-refractivity contribution is -0.384. The molecule has 0 fully saturated rings. The average Bonchev–Trinajstić information content (AvgIpc) is 2.49. The monoisotopic (exact) mass is 351 g/mol. The summed E-state index contributed by atoms with van der Waals surface area (Å²) in [5.41, 5.74) is 4.24. The summed E-state index contributed by atoms with van der Waals surface area (Å²) in [5.74, 6) is 5.37. The molecule has 0 amide bonds. The number of ether oxygens (including phenoxy) is 1. The number of halogens is 1. The van der Waals surface area contributed by atoms with E-state index in [0.29, 0.717) is 12.2 Å². The first-order valence-corrected chi connectivity index (χ1v) is 6.96. The normalized spacial score (nSPS) is 10.4. The molecule has 6 nitrogen and oxygen atoms in total. The van der Waals surface area contributed by atoms with E-state index in [4.69, 9.17) is 10.6 Å². The molecule has 3 N–H and O–H groups in total. The summed E-state index contributed by atoms with van der Waals surface area (Å²) in [6.07, 6.45) is 0. The molecule has 0 aliphatic heterocycles. The minimum atomic E-state index is -0.479. The van der Waals surface area contributed by atoms with Crippen molar-refractivity contribution in [1.82, 2.24) is 0 Å². The molecule has 21 heavy (non-hydrogen) atoms. The zero-order chi connectivity index (χ0) is 15.2. The van der Waals surface area contributed by atoms with Gasteiger partial charge < -0.3 is 10.2 Å². The summed E-state index contributed by atoms with van der Waals surface area (Å²) < 4.78 is 6.59. The minimum Gasteiger partial charge on any atom is -0.372 e. The Bertz CT molecular complexity index is 632. The van der Waals surface area contributed by atoms with Crippen LogP contribution in [0.25, 0.3) is 0 Å². The fourth-order valence-corrected chi connectivity index (χ4v) is 2.15. The number of hydrazine groups is 1. The van der Waals surface area contributed by atoms with Gasteiger partial charge in [-0.25, -0.2) is 0 Å². The number of nitrogens with two attached hydrogens (primary N) is 1. The predicted molar refractivity (Wildman–Crippen MR) is 83.5 cm³/mol. The quantitative estimate of drug-likeness (QED) is 0.473. The lowest BCUT2D eigenvalue weighted by Crippen LogP contribution is -2.12. The third-order valence-electron chi connectivity index (χ3n) is 2.91. The molecule has 7 heteroatoms. The maximum Gasteiger partial charge on any atom is 0.294 e. The second-order valence-electron chi connectivity index (χ2n) is 4.33. The van der Waals surface area contributed by atoms with Crippen molar-refractivity contribution in [3.63, 3.8) is 0 Å². The Kier molecular flexibility index (Phi) is 5.26. The maximum absolute atomic E-state index is 10.9. The van der Waals surface area contributed by atoms with Crippen LogP contribution in [0.1, 0.15) is 11.1 Å². The number of nitrogens with one attached hydrogen (secondary N) is 1. The Morgan fingerprint density at radius 3 is 2.52 bits per heavy atom. The maximum atomic E-state index is 10.9. The van der Waals surface area contributed by atoms with Gasteiger partial charge in [-0.1, -0.05) is 40.2 Å². The van der Waals surface area contributed by atoms with Crippen molar-refractivity contribution in [3.05, 3.63) is 68.2 Å². The third kappa shape index (κ3) is 4.01. The molecular weight excluding hydrogens is 338 g/mol. The van der Waals surface area contributed by atoms with Gasteiger partial charge in [-0.05, 0) is 17.7 Å². The minimum absolute atomic E-state index is 0.0674. The Morgan fingerprint density at radius 1 is 1.19 bits per heavy atom. The number of hydrogen-bond acceptors (Lipinski definition) is 5. The highest BCUT2D eigenvalue weighted by molar-refractivity contribution is 9.10. The van der Waals surface area contributed by atoms with Gasteiger partial charge in [-0.15, -0.1) is 0 Å². The van der Waals surface area contributed by atoms with E-state index in [1.54, 1.807) is 12.1 Å². The molecule has 0 spiro atoms. The van der Waals surface area contributed by atoms with E-state index < -0.39 is 4.92 Å². The topological polar surface area (TPSA) is 90.4 Å². The first kappa shape index (κ1) is 15.4. The van der Waals surface area contributed by atoms with Gasteiger partial charge in [0, 0.05) is 16.1 Å². The van der Waals surface area contributed by atoms with Crippen molar-refractivity contribution in [1.29, 1.82) is 0 Å². The summed E-state index contributed by atoms with van der Waals surface area (Å²) in [6, 6.07) is 12.5. The number of nitrogens with zero attached hydrogens (tertiary/aromatic N) is 1. The number of nitro groups is 1. The molecule has 110 valence electrons. The predicted octanol–water partition coefficient (Wildman–Crippen LogP) is 3.36. The molecular formula is C14H14BrN3O3. The molecule has 0 aliphatic rings. The Balaban J connectivity index is 2.04. The van der Waals surface area contributed by atoms with E-state index in [-0.39, 0.29) is 18.0 Å². The second-order valence-corrected chi connectivity index (χ2v) is 5.25. The van der Waals surface area contributed by atoms with Gasteiger partial charge in [0.15, 0.2) is 0 Å². The van der Waals surface area contributed by atoms with Crippen LogP contribution in [0.15, 0.2) is 46.9 Å². The van der Waals surface area contributed by atoms with Crippen LogP contribution in [0.2, 0.25) is 0 Å². The Morgan fingerprint density at radius 2 is 1.90 bits per heavy atom. The van der Waals surface area contributed by atoms with E-state index >= 15 is 0 Å². The van der Waals surface area contributed by atoms with E-state index in [9.17, 15) is 10.1 Å². The smallest absolute Gasteiger partial charge is 0.294 e. The van der Waals surface area contributed by atoms with Crippen molar-refractivity contribution in [3.8, 4) is 0 Å². The number of anilines is 1. The molecule has 0 bridgehead atoms. The molecule has 2 aromatic carbocycles. The van der Waals surface area contributed by atoms with E-state index in [1.165, 1.54) is 6.07 Å². The molecule has 0 atom stereocenters. The number of hydrogen-bond donors (Lipinski definition) is 2. The van der Waals surface area contributed by atoms with Crippen LogP contribution in [0.3, 0.4) is 0 Å². The number of para-hydroxylation sites is 1. The van der Waals surface area contributed by atoms with Crippen molar-refractivity contribution < 1.29 is 9.66 Å². The molecule has 2 rings (SSSR count). The molecule has 2 aromatic rings. The molecule has 0 aliphatic carbocycles. The van der Waals surface area contributed by atoms with Gasteiger partial charge in [-0.3, -0.25) is 16.0 Å². The zero-order valence-electron chi connectivity index (χ0n) is 11.1. The largest absolute Gasteiger partial charge is 0.372 e. The third-order valence-corrected chi connectivity index (χ3v) is 3.44. The SMILES string of the molecule is NNc1c(COCc2ccc(Br)cc2)cccc1[N+](=O)[O-]. The van der Waals surface area contributed by atoms with Gasteiger partial charge in [-0.2, -0.15) is 0 Å². The van der Waals surface area contributed by atoms with Crippen molar-refractivity contribution in [2.75, 3.05) is 5.43 Å². The Hall–Kier alpha value is -1.96. The van der Waals surface area contributed by atoms with Gasteiger partial charge in [0.2, 0.25) is 0 Å². The highest BCUT2D eigenvalue weighted by Crippen LogP contribution is 2.28. The molecule has 0 unspecified atom stereocenters. The van der Waals surface area contributed by atoms with Crippen LogP contribution in [0.5, 0.6) is 0 Å². The van der Waals surface area contributed by atoms with Crippen LogP contribution in [-0.4, -0.2) is 4.92 Å². The summed E-state index contributed by atoms with van der Waals surface area (Å²) in [4.78, 5) is 10.4. The summed E-state index contributed by atoms with van der Waals surface area (Å²) in [5, 5.41) is 10.9. The zero-order valence-corrected chi connectivity index (χ0v) is 12.7. The first-order valence-electron chi connectivity index (χ1n) is 6.17. The summed E-state index contributed by atoms with van der Waals surface area (Å²) in [7, 11) is 0. The van der Waals surface area contributed by atoms with Crippen LogP contribution >= 0.6 is 15.9 Å². The first-order chi connectivity index (χ1) is 10.1. The fraction of sp³-hybridized carbons (Fsp3) is 0.143. The summed E-state index contributed by atoms with van der Waals surface area (Å²) in [6.45, 7) is 0.650. The van der Waals surface area contributed by atoms with E-state index in [0.717, 1.165) is 10.0 Å². The van der Waals surface area contributed by atoms with Gasteiger partial charge in [0.05, 0.1) is 18.1 Å². The molecule has 0 saturated carbocycles. The average molecular weight is 352 g/mol. The van der Waals surface area contributed by atoms with Crippen molar-refractivity contribution in [2.24, 2.45) is 5.84 Å². The molecule has 0 aromatic heterocycles. The summed E-state index contributed by atoms with van der Waals surface area (Å²) >= 11 is 3.36. The lowest BCUT2D eigenvalue weighted by atomic mass is 10.1. The Labute approximate surface area is 130 Å². The van der Waals surface area contributed by atoms with Crippen molar-refractivity contribution in [2.45, 2.75) is 13.2 Å². The second kappa shape index (κ2) is 7.16. The van der Waals surface area contributed by atoms with E-state index in [1.807, 2.05) is 24.3 Å². The van der Waals surface area contributed by atoms with Gasteiger partial charge >= 0.3 is 0 Å². The lowest BCUT2D eigenvalue weighted by Gasteiger charge is -2.10. The fourth-order valence-electron chi connectivity index (χ4n) is 1.89. The van der Waals surface area contributed by atoms with Gasteiger partial charge in [0.1, 0.15) is 5.69 Å². The molecule has 0 heterocycles. The molecule has 0 radical (unpaired) electrons. The van der Waals surface area contributed by atoms with Gasteiger partial charge in [0.25, 0.3) is 5.69 Å².